The highest BCUT2D eigenvalue weighted by Crippen LogP contribution is 2.53. The summed E-state index contributed by atoms with van der Waals surface area (Å²) in [7, 11) is 3.11. The lowest BCUT2D eigenvalue weighted by molar-refractivity contribution is -0.203. The van der Waals surface area contributed by atoms with Gasteiger partial charge in [-0.25, -0.2) is 0 Å². The van der Waals surface area contributed by atoms with Crippen LogP contribution in [0.5, 0.6) is 0 Å². The maximum absolute atomic E-state index is 9.84. The first-order chi connectivity index (χ1) is 11.8. The molecule has 7 heteroatoms. The molecule has 1 saturated heterocycles. The van der Waals surface area contributed by atoms with Crippen molar-refractivity contribution in [2.75, 3.05) is 34.4 Å². The van der Waals surface area contributed by atoms with Crippen molar-refractivity contribution in [1.82, 2.24) is 0 Å². The number of aliphatic hydroxyl groups is 1. The first kappa shape index (κ1) is 17.8. The van der Waals surface area contributed by atoms with Gasteiger partial charge in [0, 0.05) is 14.2 Å². The highest BCUT2D eigenvalue weighted by Gasteiger charge is 2.75. The zero-order valence-electron chi connectivity index (χ0n) is 13.9. The van der Waals surface area contributed by atoms with E-state index in [0.717, 1.165) is 5.56 Å². The molecule has 1 aliphatic heterocycles. The first-order valence-corrected chi connectivity index (χ1v) is 7.92. The van der Waals surface area contributed by atoms with Gasteiger partial charge in [0.05, 0.1) is 13.2 Å². The molecule has 0 radical (unpaired) electrons. The molecule has 0 aromatic heterocycles. The van der Waals surface area contributed by atoms with Gasteiger partial charge in [-0.05, 0) is 5.56 Å². The van der Waals surface area contributed by atoms with Gasteiger partial charge in [0.1, 0.15) is 43.6 Å². The molecule has 7 nitrogen and oxygen atoms in total. The molecule has 0 amide bonds. The van der Waals surface area contributed by atoms with Crippen molar-refractivity contribution in [3.63, 3.8) is 0 Å². The Morgan fingerprint density at radius 2 is 1.67 bits per heavy atom. The normalized spacial score (nSPS) is 34.3. The monoisotopic (exact) mass is 340 g/mol. The summed E-state index contributed by atoms with van der Waals surface area (Å²) in [4.78, 5) is 0. The van der Waals surface area contributed by atoms with Gasteiger partial charge in [-0.3, -0.25) is 0 Å². The quantitative estimate of drug-likeness (QED) is 0.496. The summed E-state index contributed by atoms with van der Waals surface area (Å²) in [5.74, 6) is 0. The molecule has 24 heavy (non-hydrogen) atoms. The number of ether oxygens (including phenoxy) is 6. The predicted octanol–water partition coefficient (Wildman–Crippen LogP) is 0.694. The minimum atomic E-state index is -0.786. The van der Waals surface area contributed by atoms with Gasteiger partial charge in [-0.1, -0.05) is 30.3 Å². The third-order valence-electron chi connectivity index (χ3n) is 4.45. The van der Waals surface area contributed by atoms with E-state index in [1.807, 2.05) is 30.3 Å². The Morgan fingerprint density at radius 1 is 1.00 bits per heavy atom. The molecule has 0 bridgehead atoms. The Labute approximate surface area is 141 Å². The summed E-state index contributed by atoms with van der Waals surface area (Å²) < 4.78 is 33.3. The van der Waals surface area contributed by atoms with E-state index >= 15 is 0 Å². The molecule has 2 fully saturated rings. The van der Waals surface area contributed by atoms with Crippen molar-refractivity contribution in [2.24, 2.45) is 0 Å². The van der Waals surface area contributed by atoms with Crippen molar-refractivity contribution in [3.05, 3.63) is 35.9 Å². The molecule has 5 atom stereocenters. The van der Waals surface area contributed by atoms with Crippen molar-refractivity contribution in [1.29, 1.82) is 0 Å². The Hall–Kier alpha value is -1.06. The molecule has 2 aliphatic rings. The smallest absolute Gasteiger partial charge is 0.149 e. The Morgan fingerprint density at radius 3 is 2.29 bits per heavy atom. The van der Waals surface area contributed by atoms with E-state index in [1.165, 1.54) is 0 Å². The fourth-order valence-corrected chi connectivity index (χ4v) is 3.27. The number of benzene rings is 1. The zero-order chi connectivity index (χ0) is 17.0. The van der Waals surface area contributed by atoms with Crippen LogP contribution in [0.2, 0.25) is 0 Å². The van der Waals surface area contributed by atoms with Gasteiger partial charge in [-0.2, -0.15) is 0 Å². The van der Waals surface area contributed by atoms with E-state index in [1.54, 1.807) is 14.2 Å². The summed E-state index contributed by atoms with van der Waals surface area (Å²) >= 11 is 0. The lowest BCUT2D eigenvalue weighted by Crippen LogP contribution is -2.45. The molecule has 3 rings (SSSR count). The van der Waals surface area contributed by atoms with E-state index in [0.29, 0.717) is 6.61 Å². The Balaban J connectivity index is 1.72. The molecule has 1 aliphatic carbocycles. The number of fused-ring (bicyclic) bond motifs is 1. The summed E-state index contributed by atoms with van der Waals surface area (Å²) in [6.45, 7) is 0.463. The molecule has 0 spiro atoms. The van der Waals surface area contributed by atoms with Gasteiger partial charge in [0.25, 0.3) is 0 Å². The largest absolute Gasteiger partial charge is 0.393 e. The number of aliphatic hydroxyl groups excluding tert-OH is 1. The molecule has 0 unspecified atom stereocenters. The van der Waals surface area contributed by atoms with Crippen LogP contribution in [-0.2, 0) is 35.0 Å². The van der Waals surface area contributed by atoms with Crippen molar-refractivity contribution in [2.45, 2.75) is 36.6 Å². The average Bonchev–Trinajstić information content (AvgIpc) is 3.30. The van der Waals surface area contributed by atoms with Crippen molar-refractivity contribution < 1.29 is 33.5 Å². The summed E-state index contributed by atoms with van der Waals surface area (Å²) in [6.07, 6.45) is -1.52. The van der Waals surface area contributed by atoms with Crippen molar-refractivity contribution in [3.8, 4) is 0 Å². The van der Waals surface area contributed by atoms with Gasteiger partial charge in [0.2, 0.25) is 0 Å². The summed E-state index contributed by atoms with van der Waals surface area (Å²) in [6, 6.07) is 9.82. The van der Waals surface area contributed by atoms with Crippen LogP contribution in [0.15, 0.2) is 30.3 Å². The molecular weight excluding hydrogens is 316 g/mol. The zero-order valence-corrected chi connectivity index (χ0v) is 13.9. The lowest BCUT2D eigenvalue weighted by atomic mass is 10.1. The van der Waals surface area contributed by atoms with Crippen LogP contribution < -0.4 is 0 Å². The highest BCUT2D eigenvalue weighted by atomic mass is 16.7. The number of epoxide rings is 1. The van der Waals surface area contributed by atoms with Gasteiger partial charge in [0.15, 0.2) is 0 Å². The second kappa shape index (κ2) is 7.88. The third kappa shape index (κ3) is 3.34. The van der Waals surface area contributed by atoms with Crippen LogP contribution in [0.25, 0.3) is 0 Å². The maximum Gasteiger partial charge on any atom is 0.149 e. The van der Waals surface area contributed by atoms with Crippen LogP contribution in [0.3, 0.4) is 0 Å². The number of rotatable bonds is 10. The minimum Gasteiger partial charge on any atom is -0.393 e. The van der Waals surface area contributed by atoms with Crippen LogP contribution in [0.1, 0.15) is 5.56 Å². The second-order valence-electron chi connectivity index (χ2n) is 5.94. The van der Waals surface area contributed by atoms with Gasteiger partial charge in [-0.15, -0.1) is 0 Å². The number of hydrogen-bond donors (Lipinski definition) is 1. The van der Waals surface area contributed by atoms with E-state index in [9.17, 15) is 5.11 Å². The average molecular weight is 340 g/mol. The van der Waals surface area contributed by atoms with E-state index in [2.05, 4.69) is 0 Å². The van der Waals surface area contributed by atoms with Gasteiger partial charge >= 0.3 is 0 Å². The standard InChI is InChI=1S/C17H24O7/c1-19-10-22-13-14(23-11-20-2)16-17(9-18,24-16)15(13)21-8-12-6-4-3-5-7-12/h3-7,13-16,18H,8-11H2,1-2H3/t13-,14-,15-,16-,17+/m1/s1. The fourth-order valence-electron chi connectivity index (χ4n) is 3.27. The molecule has 1 aromatic carbocycles. The maximum atomic E-state index is 9.84. The Bertz CT molecular complexity index is 511. The van der Waals surface area contributed by atoms with Gasteiger partial charge < -0.3 is 33.5 Å². The van der Waals surface area contributed by atoms with E-state index in [-0.39, 0.29) is 32.4 Å². The molecule has 1 saturated carbocycles. The highest BCUT2D eigenvalue weighted by molar-refractivity contribution is 5.23. The third-order valence-corrected chi connectivity index (χ3v) is 4.45. The SMILES string of the molecule is COCO[C@@H]1[C@@H](OCOC)[C@H]2O[C@@]2(CO)[C@@H]1OCc1ccccc1. The molecular formula is C17H24O7. The summed E-state index contributed by atoms with van der Waals surface area (Å²) in [5.41, 5.74) is 0.250. The van der Waals surface area contributed by atoms with Crippen LogP contribution in [-0.4, -0.2) is 69.5 Å². The van der Waals surface area contributed by atoms with Crippen LogP contribution in [0, 0.1) is 0 Å². The molecule has 1 heterocycles. The fraction of sp³-hybridized carbons (Fsp3) is 0.647. The molecule has 1 N–H and O–H groups in total. The number of methoxy groups -OCH3 is 2. The van der Waals surface area contributed by atoms with Crippen molar-refractivity contribution >= 4 is 0 Å². The first-order valence-electron chi connectivity index (χ1n) is 7.92. The minimum absolute atomic E-state index is 0.108. The van der Waals surface area contributed by atoms with E-state index < -0.39 is 17.8 Å². The summed E-state index contributed by atoms with van der Waals surface area (Å²) in [5, 5.41) is 9.84. The lowest BCUT2D eigenvalue weighted by Gasteiger charge is -2.29. The Kier molecular flexibility index (Phi) is 5.83. The predicted molar refractivity (Wildman–Crippen MR) is 83.2 cm³/mol. The van der Waals surface area contributed by atoms with Crippen LogP contribution in [0.4, 0.5) is 0 Å². The molecule has 1 aromatic rings. The number of hydrogen-bond acceptors (Lipinski definition) is 7. The second-order valence-corrected chi connectivity index (χ2v) is 5.94. The van der Waals surface area contributed by atoms with Crippen LogP contribution >= 0.6 is 0 Å². The van der Waals surface area contributed by atoms with E-state index in [4.69, 9.17) is 28.4 Å². The topological polar surface area (TPSA) is 78.9 Å². The molecule has 134 valence electrons.